The number of rotatable bonds is 3. The first-order valence-corrected chi connectivity index (χ1v) is 7.31. The average Bonchev–Trinajstić information content (AvgIpc) is 2.29. The first kappa shape index (κ1) is 14.1. The summed E-state index contributed by atoms with van der Waals surface area (Å²) in [5.41, 5.74) is 0.644. The molecule has 0 aliphatic heterocycles. The van der Waals surface area contributed by atoms with Crippen LogP contribution in [0.3, 0.4) is 0 Å². The molecular formula is C13H15ClINO2. The van der Waals surface area contributed by atoms with E-state index in [0.29, 0.717) is 23.0 Å². The molecule has 1 aromatic rings. The molecule has 0 unspecified atom stereocenters. The summed E-state index contributed by atoms with van der Waals surface area (Å²) < 4.78 is 0.905. The molecule has 0 spiro atoms. The molecule has 0 saturated heterocycles. The quantitative estimate of drug-likeness (QED) is 0.821. The van der Waals surface area contributed by atoms with Gasteiger partial charge in [0.2, 0.25) is 0 Å². The molecule has 5 heteroatoms. The molecule has 18 heavy (non-hydrogen) atoms. The fourth-order valence-corrected chi connectivity index (χ4v) is 2.93. The van der Waals surface area contributed by atoms with Gasteiger partial charge in [-0.1, -0.05) is 11.6 Å². The van der Waals surface area contributed by atoms with Gasteiger partial charge in [0.25, 0.3) is 5.91 Å². The van der Waals surface area contributed by atoms with Gasteiger partial charge in [-0.3, -0.25) is 4.79 Å². The van der Waals surface area contributed by atoms with Crippen LogP contribution in [0.25, 0.3) is 0 Å². The number of benzene rings is 1. The second-order valence-corrected chi connectivity index (χ2v) is 6.40. The minimum absolute atomic E-state index is 0.0108. The Morgan fingerprint density at radius 1 is 1.56 bits per heavy atom. The van der Waals surface area contributed by atoms with Crippen molar-refractivity contribution in [2.24, 2.45) is 5.92 Å². The number of aliphatic hydroxyl groups excluding tert-OH is 1. The maximum Gasteiger partial charge on any atom is 0.254 e. The molecule has 0 heterocycles. The van der Waals surface area contributed by atoms with Gasteiger partial charge in [0.05, 0.1) is 11.7 Å². The highest BCUT2D eigenvalue weighted by atomic mass is 127. The van der Waals surface area contributed by atoms with Crippen LogP contribution in [0.15, 0.2) is 18.2 Å². The minimum Gasteiger partial charge on any atom is -0.393 e. The van der Waals surface area contributed by atoms with Crippen molar-refractivity contribution in [3.8, 4) is 0 Å². The highest BCUT2D eigenvalue weighted by Crippen LogP contribution is 2.28. The highest BCUT2D eigenvalue weighted by molar-refractivity contribution is 14.1. The maximum atomic E-state index is 12.3. The monoisotopic (exact) mass is 379 g/mol. The number of amides is 1. The standard InChI is InChI=1S/C13H15ClINO2/c1-16(7-8-4-10(17)5-8)13(18)11-6-9(14)2-3-12(11)15/h2-3,6,8,10,17H,4-5,7H2,1H3. The predicted octanol–water partition coefficient (Wildman–Crippen LogP) is 2.79. The van der Waals surface area contributed by atoms with Crippen LogP contribution in [0.1, 0.15) is 23.2 Å². The molecule has 1 fully saturated rings. The van der Waals surface area contributed by atoms with Gasteiger partial charge in [-0.25, -0.2) is 0 Å². The zero-order valence-electron chi connectivity index (χ0n) is 10.1. The van der Waals surface area contributed by atoms with Crippen LogP contribution in [0, 0.1) is 9.49 Å². The summed E-state index contributed by atoms with van der Waals surface area (Å²) in [7, 11) is 1.80. The van der Waals surface area contributed by atoms with Gasteiger partial charge in [-0.15, -0.1) is 0 Å². The van der Waals surface area contributed by atoms with Crippen LogP contribution < -0.4 is 0 Å². The second kappa shape index (κ2) is 5.75. The van der Waals surface area contributed by atoms with E-state index >= 15 is 0 Å². The largest absolute Gasteiger partial charge is 0.393 e. The Balaban J connectivity index is 2.03. The number of hydrogen-bond donors (Lipinski definition) is 1. The molecule has 3 nitrogen and oxygen atoms in total. The molecule has 2 rings (SSSR count). The molecule has 0 bridgehead atoms. The number of carbonyl (C=O) groups is 1. The van der Waals surface area contributed by atoms with Gasteiger partial charge in [0.1, 0.15) is 0 Å². The summed E-state index contributed by atoms with van der Waals surface area (Å²) in [5.74, 6) is 0.411. The van der Waals surface area contributed by atoms with E-state index in [4.69, 9.17) is 11.6 Å². The van der Waals surface area contributed by atoms with Crippen molar-refractivity contribution < 1.29 is 9.90 Å². The number of carbonyl (C=O) groups excluding carboxylic acids is 1. The zero-order valence-corrected chi connectivity index (χ0v) is 13.0. The van der Waals surface area contributed by atoms with E-state index in [-0.39, 0.29) is 12.0 Å². The van der Waals surface area contributed by atoms with Crippen molar-refractivity contribution in [3.63, 3.8) is 0 Å². The lowest BCUT2D eigenvalue weighted by molar-refractivity contribution is 0.0265. The Hall–Kier alpha value is -0.330. The number of nitrogens with zero attached hydrogens (tertiary/aromatic N) is 1. The molecule has 0 aromatic heterocycles. The lowest BCUT2D eigenvalue weighted by Gasteiger charge is -2.34. The smallest absolute Gasteiger partial charge is 0.254 e. The molecule has 0 radical (unpaired) electrons. The van der Waals surface area contributed by atoms with E-state index in [1.165, 1.54) is 0 Å². The summed E-state index contributed by atoms with van der Waals surface area (Å²) in [6.07, 6.45) is 1.42. The first-order chi connectivity index (χ1) is 8.47. The van der Waals surface area contributed by atoms with Gasteiger partial charge in [-0.2, -0.15) is 0 Å². The third-order valence-corrected chi connectivity index (χ3v) is 4.42. The van der Waals surface area contributed by atoms with Gasteiger partial charge < -0.3 is 10.0 Å². The predicted molar refractivity (Wildman–Crippen MR) is 79.9 cm³/mol. The fourth-order valence-electron chi connectivity index (χ4n) is 2.19. The Morgan fingerprint density at radius 2 is 2.22 bits per heavy atom. The van der Waals surface area contributed by atoms with Crippen LogP contribution in [0.4, 0.5) is 0 Å². The number of halogens is 2. The second-order valence-electron chi connectivity index (χ2n) is 4.80. The summed E-state index contributed by atoms with van der Waals surface area (Å²) >= 11 is 8.06. The molecule has 1 aromatic carbocycles. The van der Waals surface area contributed by atoms with Gasteiger partial charge in [0, 0.05) is 22.2 Å². The SMILES string of the molecule is CN(CC1CC(O)C1)C(=O)c1cc(Cl)ccc1I. The third-order valence-electron chi connectivity index (χ3n) is 3.25. The van der Waals surface area contributed by atoms with Crippen molar-refractivity contribution in [1.82, 2.24) is 4.90 Å². The maximum absolute atomic E-state index is 12.3. The number of aliphatic hydroxyl groups is 1. The van der Waals surface area contributed by atoms with Crippen molar-refractivity contribution in [1.29, 1.82) is 0 Å². The normalized spacial score (nSPS) is 22.4. The minimum atomic E-state index is -0.176. The van der Waals surface area contributed by atoms with Crippen LogP contribution in [0.2, 0.25) is 5.02 Å². The van der Waals surface area contributed by atoms with Gasteiger partial charge in [-0.05, 0) is 59.5 Å². The van der Waals surface area contributed by atoms with E-state index in [2.05, 4.69) is 22.6 Å². The molecule has 98 valence electrons. The Labute approximate surface area is 125 Å². The van der Waals surface area contributed by atoms with Crippen molar-refractivity contribution >= 4 is 40.1 Å². The van der Waals surface area contributed by atoms with Gasteiger partial charge in [0.15, 0.2) is 0 Å². The lowest BCUT2D eigenvalue weighted by Crippen LogP contribution is -2.39. The molecule has 1 saturated carbocycles. The lowest BCUT2D eigenvalue weighted by atomic mass is 9.82. The fraction of sp³-hybridized carbons (Fsp3) is 0.462. The van der Waals surface area contributed by atoms with Crippen molar-refractivity contribution in [2.45, 2.75) is 18.9 Å². The van der Waals surface area contributed by atoms with Crippen LogP contribution >= 0.6 is 34.2 Å². The third kappa shape index (κ3) is 3.16. The first-order valence-electron chi connectivity index (χ1n) is 5.86. The summed E-state index contributed by atoms with van der Waals surface area (Å²) in [4.78, 5) is 14.0. The van der Waals surface area contributed by atoms with E-state index in [0.717, 1.165) is 16.4 Å². The Kier molecular flexibility index (Phi) is 4.50. The van der Waals surface area contributed by atoms with Crippen molar-refractivity contribution in [3.05, 3.63) is 32.4 Å². The van der Waals surface area contributed by atoms with Crippen molar-refractivity contribution in [2.75, 3.05) is 13.6 Å². The summed E-state index contributed by atoms with van der Waals surface area (Å²) in [5, 5.41) is 9.82. The average molecular weight is 380 g/mol. The molecule has 1 aliphatic rings. The van der Waals surface area contributed by atoms with E-state index in [9.17, 15) is 9.90 Å². The summed E-state index contributed by atoms with van der Waals surface area (Å²) in [6, 6.07) is 5.33. The molecular weight excluding hydrogens is 365 g/mol. The van der Waals surface area contributed by atoms with E-state index in [1.807, 2.05) is 6.07 Å². The van der Waals surface area contributed by atoms with Gasteiger partial charge >= 0.3 is 0 Å². The topological polar surface area (TPSA) is 40.5 Å². The summed E-state index contributed by atoms with van der Waals surface area (Å²) in [6.45, 7) is 0.693. The highest BCUT2D eigenvalue weighted by Gasteiger charge is 2.29. The molecule has 1 amide bonds. The molecule has 0 atom stereocenters. The van der Waals surface area contributed by atoms with Crippen LogP contribution in [0.5, 0.6) is 0 Å². The Bertz CT molecular complexity index is 460. The Morgan fingerprint density at radius 3 is 2.83 bits per heavy atom. The van der Waals surface area contributed by atoms with E-state index in [1.54, 1.807) is 24.1 Å². The van der Waals surface area contributed by atoms with Crippen LogP contribution in [-0.4, -0.2) is 35.6 Å². The zero-order chi connectivity index (χ0) is 13.3. The molecule has 1 aliphatic carbocycles. The van der Waals surface area contributed by atoms with E-state index < -0.39 is 0 Å². The van der Waals surface area contributed by atoms with Crippen LogP contribution in [-0.2, 0) is 0 Å². The number of hydrogen-bond acceptors (Lipinski definition) is 2. The molecule has 1 N–H and O–H groups in total.